The van der Waals surface area contributed by atoms with Gasteiger partial charge < -0.3 is 9.88 Å². The fraction of sp³-hybridized carbons (Fsp3) is 0.435. The summed E-state index contributed by atoms with van der Waals surface area (Å²) in [5.41, 5.74) is 2.90. The molecule has 1 saturated heterocycles. The number of hydrogen-bond donors (Lipinski definition) is 1. The van der Waals surface area contributed by atoms with Crippen LogP contribution in [0.3, 0.4) is 0 Å². The van der Waals surface area contributed by atoms with Crippen molar-refractivity contribution in [3.63, 3.8) is 0 Å². The molecule has 1 unspecified atom stereocenters. The van der Waals surface area contributed by atoms with Gasteiger partial charge in [-0.3, -0.25) is 4.21 Å². The molecule has 2 aromatic carbocycles. The minimum absolute atomic E-state index is 0.198. The molecular formula is C23H23Cl2F2N3OS. The molecule has 1 N–H and O–H groups in total. The van der Waals surface area contributed by atoms with E-state index >= 15 is 0 Å². The van der Waals surface area contributed by atoms with Gasteiger partial charge in [0.2, 0.25) is 0 Å². The summed E-state index contributed by atoms with van der Waals surface area (Å²) in [7, 11) is -0.941. The van der Waals surface area contributed by atoms with Gasteiger partial charge >= 0.3 is 0 Å². The van der Waals surface area contributed by atoms with E-state index in [-0.39, 0.29) is 25.9 Å². The van der Waals surface area contributed by atoms with E-state index in [0.29, 0.717) is 39.1 Å². The maximum atomic E-state index is 13.6. The fourth-order valence-corrected chi connectivity index (χ4v) is 6.23. The van der Waals surface area contributed by atoms with Crippen LogP contribution in [-0.2, 0) is 17.2 Å². The molecule has 3 aromatic rings. The molecule has 1 aromatic heterocycles. The Balaban J connectivity index is 1.35. The number of imidazole rings is 1. The lowest BCUT2D eigenvalue weighted by atomic mass is 10.1. The van der Waals surface area contributed by atoms with Gasteiger partial charge in [-0.2, -0.15) is 0 Å². The van der Waals surface area contributed by atoms with Crippen LogP contribution in [0.15, 0.2) is 35.2 Å². The molecule has 2 heterocycles. The Hall–Kier alpha value is -1.70. The smallest absolute Gasteiger partial charge is 0.251 e. The maximum absolute atomic E-state index is 13.6. The van der Waals surface area contributed by atoms with Crippen LogP contribution in [-0.4, -0.2) is 38.9 Å². The summed E-state index contributed by atoms with van der Waals surface area (Å²) in [6.07, 6.45) is 2.50. The van der Waals surface area contributed by atoms with Gasteiger partial charge in [-0.15, -0.1) is 0 Å². The Labute approximate surface area is 197 Å². The summed E-state index contributed by atoms with van der Waals surface area (Å²) in [5, 5.41) is 0.802. The average Bonchev–Trinajstić information content (AvgIpc) is 3.47. The monoisotopic (exact) mass is 497 g/mol. The number of nitrogens with one attached hydrogen (secondary N) is 1. The summed E-state index contributed by atoms with van der Waals surface area (Å²) < 4.78 is 39.5. The van der Waals surface area contributed by atoms with E-state index in [9.17, 15) is 13.0 Å². The fourth-order valence-electron chi connectivity index (χ4n) is 4.10. The number of H-pyrrole nitrogens is 1. The lowest BCUT2D eigenvalue weighted by molar-refractivity contribution is -0.0220. The number of alkyl halides is 2. The third-order valence-electron chi connectivity index (χ3n) is 6.15. The molecule has 1 aliphatic carbocycles. The number of anilines is 1. The topological polar surface area (TPSA) is 49.0 Å². The molecule has 0 radical (unpaired) electrons. The lowest BCUT2D eigenvalue weighted by Gasteiger charge is -2.34. The predicted molar refractivity (Wildman–Crippen MR) is 126 cm³/mol. The highest BCUT2D eigenvalue weighted by molar-refractivity contribution is 7.85. The van der Waals surface area contributed by atoms with Crippen LogP contribution in [0.2, 0.25) is 10.0 Å². The lowest BCUT2D eigenvalue weighted by Crippen LogP contribution is -2.39. The second-order valence-electron chi connectivity index (χ2n) is 8.72. The van der Waals surface area contributed by atoms with Gasteiger partial charge in [0.05, 0.1) is 32.0 Å². The SMILES string of the molecule is O=S(CC1CC1)c1ccc(Cc2nc3c(Cl)c(N4CCC(F)(F)CC4)c(Cl)cc3[nH]2)cc1. The number of aromatic nitrogens is 2. The summed E-state index contributed by atoms with van der Waals surface area (Å²) in [6, 6.07) is 9.54. The zero-order chi connectivity index (χ0) is 22.5. The van der Waals surface area contributed by atoms with Crippen LogP contribution in [0.1, 0.15) is 37.1 Å². The average molecular weight is 498 g/mol. The highest BCUT2D eigenvalue weighted by Gasteiger charge is 2.35. The maximum Gasteiger partial charge on any atom is 0.251 e. The molecule has 1 atom stereocenters. The van der Waals surface area contributed by atoms with Gasteiger partial charge in [0, 0.05) is 43.0 Å². The van der Waals surface area contributed by atoms with Crippen molar-refractivity contribution in [2.24, 2.45) is 5.92 Å². The zero-order valence-corrected chi connectivity index (χ0v) is 19.7. The Kier molecular flexibility index (Phi) is 5.93. The summed E-state index contributed by atoms with van der Waals surface area (Å²) >= 11 is 13.1. The minimum atomic E-state index is -2.64. The minimum Gasteiger partial charge on any atom is -0.369 e. The normalized spacial score (nSPS) is 19.4. The van der Waals surface area contributed by atoms with Crippen LogP contribution >= 0.6 is 23.2 Å². The number of nitrogens with zero attached hydrogens (tertiary/aromatic N) is 2. The molecule has 1 saturated carbocycles. The van der Waals surface area contributed by atoms with Gasteiger partial charge in [-0.25, -0.2) is 13.8 Å². The second kappa shape index (κ2) is 8.58. The van der Waals surface area contributed by atoms with Crippen molar-refractivity contribution in [3.05, 3.63) is 51.8 Å². The molecule has 0 amide bonds. The molecular weight excluding hydrogens is 475 g/mol. The number of halogens is 4. The van der Waals surface area contributed by atoms with Gasteiger partial charge in [0.25, 0.3) is 5.92 Å². The first kappa shape index (κ1) is 22.1. The molecule has 0 bridgehead atoms. The molecule has 2 fully saturated rings. The van der Waals surface area contributed by atoms with Crippen molar-refractivity contribution in [1.82, 2.24) is 9.97 Å². The highest BCUT2D eigenvalue weighted by Crippen LogP contribution is 2.41. The van der Waals surface area contributed by atoms with E-state index in [1.165, 1.54) is 12.8 Å². The molecule has 9 heteroatoms. The quantitative estimate of drug-likeness (QED) is 0.440. The predicted octanol–water partition coefficient (Wildman–Crippen LogP) is 6.21. The number of piperidine rings is 1. The van der Waals surface area contributed by atoms with E-state index in [1.807, 2.05) is 29.2 Å². The molecule has 4 nitrogen and oxygen atoms in total. The van der Waals surface area contributed by atoms with E-state index in [2.05, 4.69) is 9.97 Å². The Bertz CT molecular complexity index is 1170. The van der Waals surface area contributed by atoms with Crippen molar-refractivity contribution >= 4 is 50.7 Å². The first-order valence-electron chi connectivity index (χ1n) is 10.8. The van der Waals surface area contributed by atoms with Crippen LogP contribution in [0.5, 0.6) is 0 Å². The number of benzene rings is 2. The number of aromatic amines is 1. The van der Waals surface area contributed by atoms with Crippen molar-refractivity contribution in [2.75, 3.05) is 23.7 Å². The molecule has 0 spiro atoms. The van der Waals surface area contributed by atoms with Gasteiger partial charge in [0.1, 0.15) is 11.3 Å². The first-order valence-corrected chi connectivity index (χ1v) is 12.8. The summed E-state index contributed by atoms with van der Waals surface area (Å²) in [5.74, 6) is -0.542. The van der Waals surface area contributed by atoms with Crippen molar-refractivity contribution in [2.45, 2.75) is 42.9 Å². The Morgan fingerprint density at radius 3 is 2.50 bits per heavy atom. The van der Waals surface area contributed by atoms with E-state index in [0.717, 1.165) is 22.0 Å². The van der Waals surface area contributed by atoms with Crippen molar-refractivity contribution < 1.29 is 13.0 Å². The van der Waals surface area contributed by atoms with Gasteiger partial charge in [0.15, 0.2) is 0 Å². The van der Waals surface area contributed by atoms with E-state index in [1.54, 1.807) is 6.07 Å². The Morgan fingerprint density at radius 2 is 1.84 bits per heavy atom. The van der Waals surface area contributed by atoms with Gasteiger partial charge in [-0.05, 0) is 42.5 Å². The highest BCUT2D eigenvalue weighted by atomic mass is 35.5. The van der Waals surface area contributed by atoms with Crippen molar-refractivity contribution in [3.8, 4) is 0 Å². The van der Waals surface area contributed by atoms with Crippen LogP contribution in [0.4, 0.5) is 14.5 Å². The molecule has 5 rings (SSSR count). The second-order valence-corrected chi connectivity index (χ2v) is 11.0. The number of hydrogen-bond acceptors (Lipinski definition) is 3. The zero-order valence-electron chi connectivity index (χ0n) is 17.3. The van der Waals surface area contributed by atoms with E-state index < -0.39 is 16.7 Å². The summed E-state index contributed by atoms with van der Waals surface area (Å²) in [4.78, 5) is 10.6. The first-order chi connectivity index (χ1) is 15.3. The van der Waals surface area contributed by atoms with Gasteiger partial charge in [-0.1, -0.05) is 35.3 Å². The van der Waals surface area contributed by atoms with E-state index in [4.69, 9.17) is 23.2 Å². The summed E-state index contributed by atoms with van der Waals surface area (Å²) in [6.45, 7) is 0.396. The molecule has 1 aliphatic heterocycles. The largest absolute Gasteiger partial charge is 0.369 e. The number of rotatable bonds is 6. The van der Waals surface area contributed by atoms with Crippen LogP contribution < -0.4 is 4.90 Å². The van der Waals surface area contributed by atoms with Crippen molar-refractivity contribution in [1.29, 1.82) is 0 Å². The standard InChI is InChI=1S/C23H23Cl2F2N3OS/c24-17-12-18-21(20(25)22(17)30-9-7-23(26,27)8-10-30)29-19(28-18)11-14-3-5-16(6-4-14)32(31)13-15-1-2-15/h3-6,12,15H,1-2,7-11,13H2,(H,28,29). The molecule has 32 heavy (non-hydrogen) atoms. The molecule has 2 aliphatic rings. The molecule has 170 valence electrons. The third kappa shape index (κ3) is 4.66. The van der Waals surface area contributed by atoms with Crippen LogP contribution in [0, 0.1) is 5.92 Å². The third-order valence-corrected chi connectivity index (χ3v) is 8.37. The van der Waals surface area contributed by atoms with Crippen LogP contribution in [0.25, 0.3) is 11.0 Å². The number of fused-ring (bicyclic) bond motifs is 1. The Morgan fingerprint density at radius 1 is 1.16 bits per heavy atom.